The van der Waals surface area contributed by atoms with E-state index in [9.17, 15) is 9.59 Å². The molecule has 38 heavy (non-hydrogen) atoms. The summed E-state index contributed by atoms with van der Waals surface area (Å²) in [4.78, 5) is 36.9. The highest BCUT2D eigenvalue weighted by molar-refractivity contribution is 8.00. The number of carbonyl (C=O) groups excluding carboxylic acids is 1. The van der Waals surface area contributed by atoms with Gasteiger partial charge in [-0.25, -0.2) is 4.98 Å². The molecule has 1 aliphatic heterocycles. The standard InChI is InChI=1S/C30H30ClN3O2S2/c1-16-9-12-22-25(13-16)38-27-26(22)29(36)34(21-11-10-17(2)23(31)15-21)30(32-27)37-19(4)28(35)33-18(3)14-20-7-5-6-8-24(20)33/h5-8,10-11,15-16,18-19H,9,12-14H2,1-4H3/t16-,18+,19-/m1/s1. The van der Waals surface area contributed by atoms with E-state index in [2.05, 4.69) is 19.9 Å². The van der Waals surface area contributed by atoms with Crippen molar-refractivity contribution in [1.29, 1.82) is 0 Å². The van der Waals surface area contributed by atoms with Gasteiger partial charge in [0.2, 0.25) is 5.91 Å². The molecular weight excluding hydrogens is 534 g/mol. The van der Waals surface area contributed by atoms with Crippen LogP contribution in [0.5, 0.6) is 0 Å². The quantitative estimate of drug-likeness (QED) is 0.198. The number of anilines is 1. The van der Waals surface area contributed by atoms with Crippen molar-refractivity contribution in [2.45, 2.75) is 69.8 Å². The van der Waals surface area contributed by atoms with Gasteiger partial charge >= 0.3 is 0 Å². The molecule has 3 heterocycles. The van der Waals surface area contributed by atoms with Crippen LogP contribution in [-0.2, 0) is 24.1 Å². The van der Waals surface area contributed by atoms with Crippen LogP contribution in [0.25, 0.3) is 15.9 Å². The summed E-state index contributed by atoms with van der Waals surface area (Å²) in [6.07, 6.45) is 3.80. The number of aryl methyl sites for hydroxylation is 2. The Bertz CT molecular complexity index is 1640. The van der Waals surface area contributed by atoms with E-state index in [0.29, 0.717) is 21.8 Å². The lowest BCUT2D eigenvalue weighted by atomic mass is 9.89. The molecule has 2 aliphatic rings. The Balaban J connectivity index is 1.45. The smallest absolute Gasteiger partial charge is 0.267 e. The molecule has 1 amide bonds. The Kier molecular flexibility index (Phi) is 6.65. The summed E-state index contributed by atoms with van der Waals surface area (Å²) in [5.74, 6) is 0.625. The van der Waals surface area contributed by atoms with Gasteiger partial charge < -0.3 is 4.90 Å². The first kappa shape index (κ1) is 25.7. The normalized spacial score (nSPS) is 19.4. The number of amides is 1. The van der Waals surface area contributed by atoms with Crippen LogP contribution in [0.1, 0.15) is 48.8 Å². The van der Waals surface area contributed by atoms with Gasteiger partial charge in [-0.1, -0.05) is 54.6 Å². The maximum atomic E-state index is 14.2. The average molecular weight is 564 g/mol. The Hall–Kier alpha value is -2.61. The molecule has 0 spiro atoms. The van der Waals surface area contributed by atoms with Crippen molar-refractivity contribution in [2.24, 2.45) is 5.92 Å². The Morgan fingerprint density at radius 1 is 1.18 bits per heavy atom. The monoisotopic (exact) mass is 563 g/mol. The van der Waals surface area contributed by atoms with Crippen LogP contribution in [0.2, 0.25) is 5.02 Å². The molecule has 0 saturated heterocycles. The third-order valence-electron chi connectivity index (χ3n) is 7.79. The number of fused-ring (bicyclic) bond motifs is 4. The van der Waals surface area contributed by atoms with Gasteiger partial charge in [0.15, 0.2) is 5.16 Å². The summed E-state index contributed by atoms with van der Waals surface area (Å²) in [6.45, 7) is 8.20. The lowest BCUT2D eigenvalue weighted by Gasteiger charge is -2.26. The lowest BCUT2D eigenvalue weighted by molar-refractivity contribution is -0.118. The second-order valence-corrected chi connectivity index (χ2v) is 13.4. The minimum atomic E-state index is -0.435. The molecule has 1 aliphatic carbocycles. The summed E-state index contributed by atoms with van der Waals surface area (Å²) in [7, 11) is 0. The molecule has 2 aromatic heterocycles. The van der Waals surface area contributed by atoms with E-state index in [1.807, 2.05) is 55.1 Å². The van der Waals surface area contributed by atoms with E-state index in [1.165, 1.54) is 22.2 Å². The minimum absolute atomic E-state index is 0.0228. The fourth-order valence-corrected chi connectivity index (χ4v) is 8.28. The van der Waals surface area contributed by atoms with Gasteiger partial charge in [-0.05, 0) is 87.3 Å². The fourth-order valence-electron chi connectivity index (χ4n) is 5.70. The highest BCUT2D eigenvalue weighted by Crippen LogP contribution is 2.39. The molecule has 196 valence electrons. The zero-order valence-electron chi connectivity index (χ0n) is 22.0. The van der Waals surface area contributed by atoms with E-state index < -0.39 is 5.25 Å². The van der Waals surface area contributed by atoms with Crippen molar-refractivity contribution in [2.75, 3.05) is 4.90 Å². The van der Waals surface area contributed by atoms with Crippen LogP contribution < -0.4 is 10.5 Å². The van der Waals surface area contributed by atoms with Crippen molar-refractivity contribution in [1.82, 2.24) is 9.55 Å². The molecular formula is C30H30ClN3O2S2. The van der Waals surface area contributed by atoms with Crippen molar-refractivity contribution in [3.05, 3.63) is 79.4 Å². The predicted molar refractivity (Wildman–Crippen MR) is 159 cm³/mol. The van der Waals surface area contributed by atoms with Crippen molar-refractivity contribution in [3.63, 3.8) is 0 Å². The number of benzene rings is 2. The van der Waals surface area contributed by atoms with Crippen LogP contribution in [0, 0.1) is 12.8 Å². The third-order valence-corrected chi connectivity index (χ3v) is 10.4. The maximum absolute atomic E-state index is 14.2. The summed E-state index contributed by atoms with van der Waals surface area (Å²) in [5.41, 5.74) is 4.85. The van der Waals surface area contributed by atoms with Crippen LogP contribution in [-0.4, -0.2) is 26.8 Å². The second kappa shape index (κ2) is 9.85. The van der Waals surface area contributed by atoms with Crippen LogP contribution in [0.15, 0.2) is 52.4 Å². The average Bonchev–Trinajstić information content (AvgIpc) is 3.41. The van der Waals surface area contributed by atoms with Gasteiger partial charge in [0.05, 0.1) is 16.3 Å². The van der Waals surface area contributed by atoms with E-state index in [0.717, 1.165) is 52.7 Å². The van der Waals surface area contributed by atoms with Crippen molar-refractivity contribution < 1.29 is 4.79 Å². The summed E-state index contributed by atoms with van der Waals surface area (Å²) in [5, 5.41) is 1.40. The van der Waals surface area contributed by atoms with E-state index >= 15 is 0 Å². The molecule has 0 unspecified atom stereocenters. The highest BCUT2D eigenvalue weighted by atomic mass is 35.5. The minimum Gasteiger partial charge on any atom is -0.308 e. The third kappa shape index (κ3) is 4.29. The number of nitrogens with zero attached hydrogens (tertiary/aromatic N) is 3. The first-order valence-corrected chi connectivity index (χ1v) is 15.2. The number of para-hydroxylation sites is 1. The molecule has 6 rings (SSSR count). The van der Waals surface area contributed by atoms with Crippen LogP contribution in [0.4, 0.5) is 5.69 Å². The highest BCUT2D eigenvalue weighted by Gasteiger charge is 2.34. The van der Waals surface area contributed by atoms with Gasteiger partial charge in [-0.15, -0.1) is 11.3 Å². The second-order valence-electron chi connectivity index (χ2n) is 10.7. The lowest BCUT2D eigenvalue weighted by Crippen LogP contribution is -2.40. The van der Waals surface area contributed by atoms with E-state index in [4.69, 9.17) is 16.6 Å². The predicted octanol–water partition coefficient (Wildman–Crippen LogP) is 6.99. The molecule has 0 radical (unpaired) electrons. The Labute approximate surface area is 235 Å². The maximum Gasteiger partial charge on any atom is 0.267 e. The summed E-state index contributed by atoms with van der Waals surface area (Å²) >= 11 is 9.48. The van der Waals surface area contributed by atoms with Gasteiger partial charge in [-0.3, -0.25) is 14.2 Å². The van der Waals surface area contributed by atoms with Gasteiger partial charge in [0.25, 0.3) is 5.56 Å². The number of thioether (sulfide) groups is 1. The summed E-state index contributed by atoms with van der Waals surface area (Å²) < 4.78 is 1.66. The molecule has 8 heteroatoms. The molecule has 3 atom stereocenters. The molecule has 5 nitrogen and oxygen atoms in total. The number of aromatic nitrogens is 2. The zero-order valence-corrected chi connectivity index (χ0v) is 24.3. The SMILES string of the molecule is Cc1ccc(-n2c(S[C@H](C)C(=O)N3c4ccccc4C[C@@H]3C)nc3sc4c(c3c2=O)CC[C@@H](C)C4)cc1Cl. The number of thiophene rings is 1. The topological polar surface area (TPSA) is 55.2 Å². The number of hydrogen-bond acceptors (Lipinski definition) is 5. The largest absolute Gasteiger partial charge is 0.308 e. The molecule has 0 fully saturated rings. The van der Waals surface area contributed by atoms with Gasteiger partial charge in [0.1, 0.15) is 4.83 Å². The molecule has 4 aromatic rings. The van der Waals surface area contributed by atoms with Crippen LogP contribution in [0.3, 0.4) is 0 Å². The van der Waals surface area contributed by atoms with E-state index in [-0.39, 0.29) is 17.5 Å². The fraction of sp³-hybridized carbons (Fsp3) is 0.367. The first-order chi connectivity index (χ1) is 18.2. The number of halogens is 1. The zero-order chi connectivity index (χ0) is 26.7. The molecule has 0 bridgehead atoms. The van der Waals surface area contributed by atoms with Crippen LogP contribution >= 0.6 is 34.7 Å². The van der Waals surface area contributed by atoms with Crippen molar-refractivity contribution in [3.8, 4) is 5.69 Å². The van der Waals surface area contributed by atoms with Gasteiger partial charge in [-0.2, -0.15) is 0 Å². The molecule has 2 aromatic carbocycles. The molecule has 0 N–H and O–H groups in total. The molecule has 0 saturated carbocycles. The summed E-state index contributed by atoms with van der Waals surface area (Å²) in [6, 6.07) is 13.8. The Morgan fingerprint density at radius 2 is 1.97 bits per heavy atom. The van der Waals surface area contributed by atoms with Crippen molar-refractivity contribution >= 4 is 56.5 Å². The van der Waals surface area contributed by atoms with Gasteiger partial charge in [0, 0.05) is 21.6 Å². The first-order valence-electron chi connectivity index (χ1n) is 13.1. The number of hydrogen-bond donors (Lipinski definition) is 0. The number of rotatable bonds is 4. The van der Waals surface area contributed by atoms with E-state index in [1.54, 1.807) is 15.9 Å². The number of carbonyl (C=O) groups is 1. The Morgan fingerprint density at radius 3 is 2.76 bits per heavy atom.